The molecule has 0 aromatic heterocycles. The minimum absolute atomic E-state index is 0.212. The first-order valence-corrected chi connectivity index (χ1v) is 5.77. The summed E-state index contributed by atoms with van der Waals surface area (Å²) in [4.78, 5) is 0. The maximum atomic E-state index is 13.1. The summed E-state index contributed by atoms with van der Waals surface area (Å²) in [5, 5.41) is 0.314. The van der Waals surface area contributed by atoms with Crippen LogP contribution in [0, 0.1) is 18.6 Å². The Kier molecular flexibility index (Phi) is 3.82. The average Bonchev–Trinajstić information content (AvgIpc) is 2.32. The van der Waals surface area contributed by atoms with E-state index in [1.165, 1.54) is 18.2 Å². The fraction of sp³-hybridized carbons (Fsp3) is 0.143. The molecule has 0 aliphatic rings. The third kappa shape index (κ3) is 2.99. The molecule has 0 spiro atoms. The highest BCUT2D eigenvalue weighted by molar-refractivity contribution is 6.31. The van der Waals surface area contributed by atoms with Crippen molar-refractivity contribution in [3.05, 3.63) is 64.2 Å². The highest BCUT2D eigenvalue weighted by atomic mass is 35.5. The molecule has 4 heteroatoms. The van der Waals surface area contributed by atoms with Crippen LogP contribution in [0.4, 0.5) is 8.78 Å². The maximum absolute atomic E-state index is 13.1. The molecule has 0 aliphatic heterocycles. The topological polar surface area (TPSA) is 9.23 Å². The van der Waals surface area contributed by atoms with Gasteiger partial charge in [-0.1, -0.05) is 17.7 Å². The van der Waals surface area contributed by atoms with Crippen molar-refractivity contribution in [3.63, 3.8) is 0 Å². The zero-order chi connectivity index (χ0) is 13.1. The van der Waals surface area contributed by atoms with Gasteiger partial charge in [0.2, 0.25) is 0 Å². The Morgan fingerprint density at radius 1 is 1.11 bits per heavy atom. The van der Waals surface area contributed by atoms with E-state index in [0.29, 0.717) is 21.9 Å². The quantitative estimate of drug-likeness (QED) is 0.796. The van der Waals surface area contributed by atoms with E-state index in [2.05, 4.69) is 0 Å². The summed E-state index contributed by atoms with van der Waals surface area (Å²) in [6, 6.07) is 8.61. The maximum Gasteiger partial charge on any atom is 0.126 e. The molecule has 94 valence electrons. The van der Waals surface area contributed by atoms with Crippen LogP contribution in [-0.2, 0) is 6.61 Å². The van der Waals surface area contributed by atoms with Gasteiger partial charge in [-0.15, -0.1) is 0 Å². The molecule has 2 rings (SSSR count). The van der Waals surface area contributed by atoms with Crippen LogP contribution in [0.2, 0.25) is 5.02 Å². The van der Waals surface area contributed by atoms with Crippen LogP contribution in [0.15, 0.2) is 36.4 Å². The van der Waals surface area contributed by atoms with E-state index in [-0.39, 0.29) is 18.2 Å². The summed E-state index contributed by atoms with van der Waals surface area (Å²) in [6.45, 7) is 1.87. The van der Waals surface area contributed by atoms with Crippen molar-refractivity contribution in [2.24, 2.45) is 0 Å². The van der Waals surface area contributed by atoms with E-state index in [1.54, 1.807) is 25.1 Å². The Morgan fingerprint density at radius 3 is 2.56 bits per heavy atom. The second-order valence-electron chi connectivity index (χ2n) is 3.94. The van der Waals surface area contributed by atoms with Crippen molar-refractivity contribution < 1.29 is 13.5 Å². The van der Waals surface area contributed by atoms with Crippen LogP contribution in [0.1, 0.15) is 11.1 Å². The van der Waals surface area contributed by atoms with Gasteiger partial charge in [0.1, 0.15) is 24.0 Å². The molecular weight excluding hydrogens is 258 g/mol. The number of rotatable bonds is 3. The van der Waals surface area contributed by atoms with Crippen LogP contribution in [-0.4, -0.2) is 0 Å². The number of ether oxygens (including phenoxy) is 1. The summed E-state index contributed by atoms with van der Waals surface area (Å²) in [7, 11) is 0. The van der Waals surface area contributed by atoms with E-state index >= 15 is 0 Å². The molecule has 0 saturated carbocycles. The standard InChI is InChI=1S/C14H11ClF2O/c1-9-6-12(4-5-14(9)17)18-8-10-2-3-11(16)7-13(10)15/h2-7H,8H2,1H3. The van der Waals surface area contributed by atoms with E-state index in [1.807, 2.05) is 0 Å². The van der Waals surface area contributed by atoms with Crippen molar-refractivity contribution in [2.75, 3.05) is 0 Å². The molecule has 0 bridgehead atoms. The molecule has 0 aliphatic carbocycles. The molecule has 0 amide bonds. The monoisotopic (exact) mass is 268 g/mol. The summed E-state index contributed by atoms with van der Waals surface area (Å²) in [6.07, 6.45) is 0. The second-order valence-corrected chi connectivity index (χ2v) is 4.34. The normalized spacial score (nSPS) is 10.4. The fourth-order valence-electron chi connectivity index (χ4n) is 1.51. The number of halogens is 3. The predicted molar refractivity (Wildman–Crippen MR) is 66.9 cm³/mol. The highest BCUT2D eigenvalue weighted by Crippen LogP contribution is 2.21. The van der Waals surface area contributed by atoms with Crippen molar-refractivity contribution >= 4 is 11.6 Å². The number of aryl methyl sites for hydroxylation is 1. The molecular formula is C14H11ClF2O. The Morgan fingerprint density at radius 2 is 1.89 bits per heavy atom. The Bertz CT molecular complexity index is 570. The Balaban J connectivity index is 2.09. The van der Waals surface area contributed by atoms with Crippen molar-refractivity contribution in [3.8, 4) is 5.75 Å². The third-order valence-corrected chi connectivity index (χ3v) is 2.89. The predicted octanol–water partition coefficient (Wildman–Crippen LogP) is 4.51. The van der Waals surface area contributed by atoms with E-state index in [9.17, 15) is 8.78 Å². The number of benzene rings is 2. The molecule has 2 aromatic rings. The zero-order valence-corrected chi connectivity index (χ0v) is 10.5. The highest BCUT2D eigenvalue weighted by Gasteiger charge is 2.04. The van der Waals surface area contributed by atoms with Gasteiger partial charge in [0.05, 0.1) is 5.02 Å². The second kappa shape index (κ2) is 5.36. The smallest absolute Gasteiger partial charge is 0.126 e. The van der Waals surface area contributed by atoms with Crippen molar-refractivity contribution in [1.29, 1.82) is 0 Å². The van der Waals surface area contributed by atoms with Crippen LogP contribution in [0.5, 0.6) is 5.75 Å². The Labute approximate surface area is 109 Å². The van der Waals surface area contributed by atoms with Crippen LogP contribution >= 0.6 is 11.6 Å². The molecule has 0 radical (unpaired) electrons. The van der Waals surface area contributed by atoms with Crippen molar-refractivity contribution in [2.45, 2.75) is 13.5 Å². The molecule has 0 unspecified atom stereocenters. The van der Waals surface area contributed by atoms with Gasteiger partial charge >= 0.3 is 0 Å². The lowest BCUT2D eigenvalue weighted by molar-refractivity contribution is 0.305. The molecule has 0 N–H and O–H groups in total. The van der Waals surface area contributed by atoms with Crippen molar-refractivity contribution in [1.82, 2.24) is 0 Å². The van der Waals surface area contributed by atoms with Gasteiger partial charge in [-0.25, -0.2) is 8.78 Å². The first kappa shape index (κ1) is 12.8. The lowest BCUT2D eigenvalue weighted by Crippen LogP contribution is -1.97. The van der Waals surface area contributed by atoms with Gasteiger partial charge in [0.15, 0.2) is 0 Å². The molecule has 0 fully saturated rings. The first-order chi connectivity index (χ1) is 8.56. The van der Waals surface area contributed by atoms with Gasteiger partial charge in [0.25, 0.3) is 0 Å². The first-order valence-electron chi connectivity index (χ1n) is 5.39. The lowest BCUT2D eigenvalue weighted by Gasteiger charge is -2.08. The number of hydrogen-bond acceptors (Lipinski definition) is 1. The van der Waals surface area contributed by atoms with Gasteiger partial charge in [-0.05, 0) is 42.8 Å². The Hall–Kier alpha value is -1.61. The molecule has 18 heavy (non-hydrogen) atoms. The van der Waals surface area contributed by atoms with Crippen LogP contribution < -0.4 is 4.74 Å². The van der Waals surface area contributed by atoms with Gasteiger partial charge in [-0.3, -0.25) is 0 Å². The third-order valence-electron chi connectivity index (χ3n) is 2.54. The largest absolute Gasteiger partial charge is 0.489 e. The summed E-state index contributed by atoms with van der Waals surface area (Å²) >= 11 is 5.87. The minimum atomic E-state index is -0.388. The summed E-state index contributed by atoms with van der Waals surface area (Å²) in [5.74, 6) is -0.113. The van der Waals surface area contributed by atoms with E-state index in [0.717, 1.165) is 0 Å². The van der Waals surface area contributed by atoms with E-state index < -0.39 is 0 Å². The lowest BCUT2D eigenvalue weighted by atomic mass is 10.2. The van der Waals surface area contributed by atoms with Gasteiger partial charge in [0, 0.05) is 5.56 Å². The number of hydrogen-bond donors (Lipinski definition) is 0. The molecule has 2 aromatic carbocycles. The summed E-state index contributed by atoms with van der Waals surface area (Å²) in [5.41, 5.74) is 1.19. The fourth-order valence-corrected chi connectivity index (χ4v) is 1.73. The molecule has 0 saturated heterocycles. The zero-order valence-electron chi connectivity index (χ0n) is 9.71. The van der Waals surface area contributed by atoms with Gasteiger partial charge in [-0.2, -0.15) is 0 Å². The van der Waals surface area contributed by atoms with Crippen LogP contribution in [0.3, 0.4) is 0 Å². The molecule has 0 heterocycles. The minimum Gasteiger partial charge on any atom is -0.489 e. The van der Waals surface area contributed by atoms with E-state index in [4.69, 9.17) is 16.3 Å². The summed E-state index contributed by atoms with van der Waals surface area (Å²) < 4.78 is 31.4. The van der Waals surface area contributed by atoms with Crippen LogP contribution in [0.25, 0.3) is 0 Å². The molecule has 0 atom stereocenters. The SMILES string of the molecule is Cc1cc(OCc2ccc(F)cc2Cl)ccc1F. The average molecular weight is 269 g/mol. The van der Waals surface area contributed by atoms with Gasteiger partial charge < -0.3 is 4.74 Å². The molecule has 1 nitrogen and oxygen atoms in total.